The number of hydrogen-bond donors (Lipinski definition) is 3. The van der Waals surface area contributed by atoms with Gasteiger partial charge in [0.15, 0.2) is 0 Å². The van der Waals surface area contributed by atoms with Crippen molar-refractivity contribution in [3.8, 4) is 0 Å². The number of benzene rings is 2. The molecule has 0 aromatic heterocycles. The quantitative estimate of drug-likeness (QED) is 0.730. The van der Waals surface area contributed by atoms with Gasteiger partial charge < -0.3 is 15.7 Å². The summed E-state index contributed by atoms with van der Waals surface area (Å²) in [6.45, 7) is 1.93. The highest BCUT2D eigenvalue weighted by molar-refractivity contribution is 6.04. The molecule has 27 heavy (non-hydrogen) atoms. The molecular weight excluding hydrogens is 342 g/mol. The van der Waals surface area contributed by atoms with Crippen LogP contribution < -0.4 is 10.6 Å². The van der Waals surface area contributed by atoms with E-state index >= 15 is 0 Å². The molecule has 3 N–H and O–H groups in total. The summed E-state index contributed by atoms with van der Waals surface area (Å²) in [4.78, 5) is 26.9. The second-order valence-corrected chi connectivity index (χ2v) is 6.79. The van der Waals surface area contributed by atoms with E-state index < -0.39 is 0 Å². The van der Waals surface area contributed by atoms with E-state index in [1.165, 1.54) is 0 Å². The number of nitrogens with one attached hydrogen (secondary N) is 2. The number of piperidine rings is 1. The Morgan fingerprint density at radius 3 is 2.59 bits per heavy atom. The highest BCUT2D eigenvalue weighted by Crippen LogP contribution is 2.16. The molecule has 1 saturated heterocycles. The van der Waals surface area contributed by atoms with Crippen molar-refractivity contribution in [1.29, 1.82) is 0 Å². The molecule has 1 atom stereocenters. The number of carbonyl (C=O) groups excluding carboxylic acids is 2. The monoisotopic (exact) mass is 367 g/mol. The Morgan fingerprint density at radius 1 is 1.07 bits per heavy atom. The molecule has 6 nitrogen and oxygen atoms in total. The smallest absolute Gasteiger partial charge is 0.253 e. The molecule has 1 fully saturated rings. The Hall–Kier alpha value is -2.70. The molecule has 1 aliphatic heterocycles. The zero-order valence-electron chi connectivity index (χ0n) is 15.2. The molecule has 2 aromatic carbocycles. The van der Waals surface area contributed by atoms with Crippen LogP contribution in [0.1, 0.15) is 28.8 Å². The topological polar surface area (TPSA) is 81.7 Å². The molecule has 2 amide bonds. The average molecular weight is 367 g/mol. The molecule has 0 unspecified atom stereocenters. The largest absolute Gasteiger partial charge is 0.392 e. The first-order valence-electron chi connectivity index (χ1n) is 9.23. The van der Waals surface area contributed by atoms with Gasteiger partial charge in [-0.25, -0.2) is 0 Å². The molecule has 1 aliphatic rings. The van der Waals surface area contributed by atoms with E-state index in [9.17, 15) is 14.7 Å². The summed E-state index contributed by atoms with van der Waals surface area (Å²) in [6.07, 6.45) is 1.29. The van der Waals surface area contributed by atoms with Crippen LogP contribution in [0.3, 0.4) is 0 Å². The van der Waals surface area contributed by atoms with Crippen LogP contribution in [0.2, 0.25) is 0 Å². The number of carbonyl (C=O) groups is 2. The third-order valence-corrected chi connectivity index (χ3v) is 4.59. The van der Waals surface area contributed by atoms with Gasteiger partial charge >= 0.3 is 0 Å². The standard InChI is InChI=1S/C21H25N3O3/c25-17-9-6-12-24(14-17)15-20(26)23-19-11-5-4-10-18(19)21(27)22-13-16-7-2-1-3-8-16/h1-5,7-8,10-11,17,25H,6,9,12-15H2,(H,22,27)(H,23,26)/t17-/m1/s1. The van der Waals surface area contributed by atoms with Crippen LogP contribution in [0.25, 0.3) is 0 Å². The molecule has 0 saturated carbocycles. The summed E-state index contributed by atoms with van der Waals surface area (Å²) in [5.74, 6) is -0.421. The third kappa shape index (κ3) is 5.64. The van der Waals surface area contributed by atoms with Gasteiger partial charge in [0.1, 0.15) is 0 Å². The van der Waals surface area contributed by atoms with Crippen LogP contribution in [0.4, 0.5) is 5.69 Å². The number of hydrogen-bond acceptors (Lipinski definition) is 4. The Bertz CT molecular complexity index is 779. The number of para-hydroxylation sites is 1. The van der Waals surface area contributed by atoms with Crippen molar-refractivity contribution in [3.63, 3.8) is 0 Å². The van der Waals surface area contributed by atoms with E-state index in [0.717, 1.165) is 24.9 Å². The number of amides is 2. The second kappa shape index (κ2) is 9.30. The summed E-state index contributed by atoms with van der Waals surface area (Å²) in [7, 11) is 0. The van der Waals surface area contributed by atoms with Crippen molar-refractivity contribution in [2.75, 3.05) is 25.0 Å². The fourth-order valence-corrected chi connectivity index (χ4v) is 3.23. The van der Waals surface area contributed by atoms with E-state index in [4.69, 9.17) is 0 Å². The molecule has 142 valence electrons. The Labute approximate surface area is 159 Å². The van der Waals surface area contributed by atoms with Crippen LogP contribution in [0.15, 0.2) is 54.6 Å². The summed E-state index contributed by atoms with van der Waals surface area (Å²) in [5, 5.41) is 15.4. The van der Waals surface area contributed by atoms with E-state index in [1.54, 1.807) is 24.3 Å². The maximum atomic E-state index is 12.5. The van der Waals surface area contributed by atoms with Crippen molar-refractivity contribution in [1.82, 2.24) is 10.2 Å². The van der Waals surface area contributed by atoms with Gasteiger partial charge in [-0.3, -0.25) is 14.5 Å². The molecule has 0 radical (unpaired) electrons. The Balaban J connectivity index is 1.59. The molecule has 2 aromatic rings. The lowest BCUT2D eigenvalue weighted by Gasteiger charge is -2.29. The molecule has 3 rings (SSSR count). The first kappa shape index (κ1) is 19.1. The van der Waals surface area contributed by atoms with E-state index in [-0.39, 0.29) is 24.5 Å². The number of likely N-dealkylation sites (tertiary alicyclic amines) is 1. The minimum atomic E-state index is -0.373. The minimum absolute atomic E-state index is 0.188. The summed E-state index contributed by atoms with van der Waals surface area (Å²) in [5.41, 5.74) is 1.93. The van der Waals surface area contributed by atoms with Gasteiger partial charge in [-0.2, -0.15) is 0 Å². The van der Waals surface area contributed by atoms with Crippen LogP contribution >= 0.6 is 0 Å². The van der Waals surface area contributed by atoms with Gasteiger partial charge in [0.05, 0.1) is 23.9 Å². The maximum Gasteiger partial charge on any atom is 0.253 e. The number of anilines is 1. The molecular formula is C21H25N3O3. The number of β-amino-alcohol motifs (C(OH)–C–C–N with tert-alkyl or cyclic N) is 1. The number of nitrogens with zero attached hydrogens (tertiary/aromatic N) is 1. The minimum Gasteiger partial charge on any atom is -0.392 e. The molecule has 0 spiro atoms. The van der Waals surface area contributed by atoms with Crippen molar-refractivity contribution in [2.45, 2.75) is 25.5 Å². The lowest BCUT2D eigenvalue weighted by molar-refractivity contribution is -0.118. The van der Waals surface area contributed by atoms with Gasteiger partial charge in [0, 0.05) is 13.1 Å². The first-order chi connectivity index (χ1) is 13.1. The van der Waals surface area contributed by atoms with Crippen molar-refractivity contribution in [3.05, 3.63) is 65.7 Å². The lowest BCUT2D eigenvalue weighted by Crippen LogP contribution is -2.42. The van der Waals surface area contributed by atoms with E-state index in [1.807, 2.05) is 35.2 Å². The highest BCUT2D eigenvalue weighted by Gasteiger charge is 2.20. The van der Waals surface area contributed by atoms with Crippen LogP contribution in [0, 0.1) is 0 Å². The maximum absolute atomic E-state index is 12.5. The molecule has 6 heteroatoms. The van der Waals surface area contributed by atoms with Gasteiger partial charge in [0.2, 0.25) is 5.91 Å². The van der Waals surface area contributed by atoms with Crippen molar-refractivity contribution in [2.24, 2.45) is 0 Å². The average Bonchev–Trinajstić information content (AvgIpc) is 2.67. The molecule has 1 heterocycles. The van der Waals surface area contributed by atoms with Crippen LogP contribution in [-0.2, 0) is 11.3 Å². The number of aliphatic hydroxyl groups is 1. The zero-order valence-corrected chi connectivity index (χ0v) is 15.2. The SMILES string of the molecule is O=C(CN1CCC[C@@H](O)C1)Nc1ccccc1C(=O)NCc1ccccc1. The Kier molecular flexibility index (Phi) is 6.57. The van der Waals surface area contributed by atoms with E-state index in [0.29, 0.717) is 24.3 Å². The van der Waals surface area contributed by atoms with Gasteiger partial charge in [-0.1, -0.05) is 42.5 Å². The summed E-state index contributed by atoms with van der Waals surface area (Å²) < 4.78 is 0. The fraction of sp³-hybridized carbons (Fsp3) is 0.333. The van der Waals surface area contributed by atoms with Crippen LogP contribution in [0.5, 0.6) is 0 Å². The number of aliphatic hydroxyl groups excluding tert-OH is 1. The van der Waals surface area contributed by atoms with Crippen molar-refractivity contribution >= 4 is 17.5 Å². The third-order valence-electron chi connectivity index (χ3n) is 4.59. The van der Waals surface area contributed by atoms with Gasteiger partial charge in [0.25, 0.3) is 5.91 Å². The lowest BCUT2D eigenvalue weighted by atomic mass is 10.1. The fourth-order valence-electron chi connectivity index (χ4n) is 3.23. The predicted octanol–water partition coefficient (Wildman–Crippen LogP) is 2.01. The van der Waals surface area contributed by atoms with Crippen LogP contribution in [-0.4, -0.2) is 47.6 Å². The predicted molar refractivity (Wildman–Crippen MR) is 104 cm³/mol. The number of rotatable bonds is 6. The van der Waals surface area contributed by atoms with Gasteiger partial charge in [-0.05, 0) is 37.1 Å². The highest BCUT2D eigenvalue weighted by atomic mass is 16.3. The summed E-state index contributed by atoms with van der Waals surface area (Å²) in [6, 6.07) is 16.6. The first-order valence-corrected chi connectivity index (χ1v) is 9.23. The Morgan fingerprint density at radius 2 is 1.81 bits per heavy atom. The summed E-state index contributed by atoms with van der Waals surface area (Å²) >= 11 is 0. The normalized spacial score (nSPS) is 17.3. The van der Waals surface area contributed by atoms with E-state index in [2.05, 4.69) is 10.6 Å². The van der Waals surface area contributed by atoms with Crippen molar-refractivity contribution < 1.29 is 14.7 Å². The zero-order chi connectivity index (χ0) is 19.1. The molecule has 0 bridgehead atoms. The molecule has 0 aliphatic carbocycles. The van der Waals surface area contributed by atoms with Gasteiger partial charge in [-0.15, -0.1) is 0 Å². The second-order valence-electron chi connectivity index (χ2n) is 6.79.